The molecule has 2 aromatic rings. The third-order valence-electron chi connectivity index (χ3n) is 3.95. The first kappa shape index (κ1) is 16.2. The molecule has 1 aliphatic heterocycles. The Balaban J connectivity index is 1.81. The maximum absolute atomic E-state index is 12.8. The largest absolute Gasteiger partial charge is 0.375 e. The summed E-state index contributed by atoms with van der Waals surface area (Å²) in [6.07, 6.45) is 2.92. The first-order chi connectivity index (χ1) is 11.0. The van der Waals surface area contributed by atoms with Gasteiger partial charge in [0.05, 0.1) is 25.5 Å². The van der Waals surface area contributed by atoms with Gasteiger partial charge < -0.3 is 4.74 Å². The molecule has 1 aromatic carbocycles. The Morgan fingerprint density at radius 3 is 2.74 bits per heavy atom. The predicted molar refractivity (Wildman–Crippen MR) is 86.5 cm³/mol. The molecule has 0 aliphatic carbocycles. The van der Waals surface area contributed by atoms with Crippen LogP contribution in [0.15, 0.2) is 47.6 Å². The van der Waals surface area contributed by atoms with Crippen molar-refractivity contribution < 1.29 is 13.2 Å². The summed E-state index contributed by atoms with van der Waals surface area (Å²) in [4.78, 5) is 0.231. The number of morpholine rings is 1. The van der Waals surface area contributed by atoms with E-state index in [1.807, 2.05) is 44.2 Å². The lowest BCUT2D eigenvalue weighted by atomic mass is 10.2. The van der Waals surface area contributed by atoms with Crippen LogP contribution in [0.4, 0.5) is 0 Å². The zero-order valence-electron chi connectivity index (χ0n) is 13.3. The van der Waals surface area contributed by atoms with Gasteiger partial charge in [-0.05, 0) is 19.4 Å². The minimum absolute atomic E-state index is 0.0969. The van der Waals surface area contributed by atoms with Crippen LogP contribution >= 0.6 is 0 Å². The van der Waals surface area contributed by atoms with Crippen LogP contribution in [0.3, 0.4) is 0 Å². The number of sulfonamides is 1. The monoisotopic (exact) mass is 335 g/mol. The molecule has 1 aromatic heterocycles. The van der Waals surface area contributed by atoms with Gasteiger partial charge in [-0.3, -0.25) is 4.68 Å². The van der Waals surface area contributed by atoms with Crippen molar-refractivity contribution in [3.05, 3.63) is 48.3 Å². The Hall–Kier alpha value is -1.70. The number of ether oxygens (including phenoxy) is 1. The van der Waals surface area contributed by atoms with Gasteiger partial charge in [-0.25, -0.2) is 8.42 Å². The van der Waals surface area contributed by atoms with Crippen LogP contribution in [0.1, 0.15) is 19.4 Å². The second-order valence-corrected chi connectivity index (χ2v) is 7.82. The van der Waals surface area contributed by atoms with Gasteiger partial charge in [-0.2, -0.15) is 9.40 Å². The van der Waals surface area contributed by atoms with Crippen molar-refractivity contribution in [3.63, 3.8) is 0 Å². The lowest BCUT2D eigenvalue weighted by Crippen LogP contribution is -2.49. The number of hydrogen-bond acceptors (Lipinski definition) is 4. The summed E-state index contributed by atoms with van der Waals surface area (Å²) in [7, 11) is -3.55. The Bertz CT molecular complexity index is 758. The topological polar surface area (TPSA) is 64.4 Å². The van der Waals surface area contributed by atoms with E-state index in [2.05, 4.69) is 5.10 Å². The third kappa shape index (κ3) is 3.46. The molecule has 1 aliphatic rings. The van der Waals surface area contributed by atoms with Crippen molar-refractivity contribution >= 4 is 10.0 Å². The fourth-order valence-electron chi connectivity index (χ4n) is 2.68. The van der Waals surface area contributed by atoms with Crippen LogP contribution in [-0.2, 0) is 21.3 Å². The van der Waals surface area contributed by atoms with Crippen molar-refractivity contribution in [1.82, 2.24) is 14.1 Å². The van der Waals surface area contributed by atoms with E-state index in [1.165, 1.54) is 10.5 Å². The molecule has 1 fully saturated rings. The number of benzene rings is 1. The minimum Gasteiger partial charge on any atom is -0.375 e. The molecule has 0 radical (unpaired) electrons. The SMILES string of the molecule is C[C@H]1CN(S(=O)(=O)c2cnn(Cc3ccccc3)c2)[C@@H](C)CO1. The van der Waals surface area contributed by atoms with Gasteiger partial charge in [0, 0.05) is 18.8 Å². The average molecular weight is 335 g/mol. The maximum Gasteiger partial charge on any atom is 0.246 e. The summed E-state index contributed by atoms with van der Waals surface area (Å²) in [5.74, 6) is 0. The van der Waals surface area contributed by atoms with Crippen LogP contribution < -0.4 is 0 Å². The fraction of sp³-hybridized carbons (Fsp3) is 0.438. The van der Waals surface area contributed by atoms with Gasteiger partial charge >= 0.3 is 0 Å². The highest BCUT2D eigenvalue weighted by atomic mass is 32.2. The second kappa shape index (κ2) is 6.43. The summed E-state index contributed by atoms with van der Waals surface area (Å²) < 4.78 is 34.3. The molecule has 0 spiro atoms. The molecular formula is C16H21N3O3S. The molecule has 23 heavy (non-hydrogen) atoms. The third-order valence-corrected chi connectivity index (χ3v) is 5.89. The van der Waals surface area contributed by atoms with Gasteiger partial charge in [0.2, 0.25) is 10.0 Å². The summed E-state index contributed by atoms with van der Waals surface area (Å²) >= 11 is 0. The van der Waals surface area contributed by atoms with Gasteiger partial charge in [0.1, 0.15) is 4.90 Å². The Kier molecular flexibility index (Phi) is 4.52. The normalized spacial score (nSPS) is 23.0. The van der Waals surface area contributed by atoms with E-state index in [1.54, 1.807) is 10.9 Å². The lowest BCUT2D eigenvalue weighted by molar-refractivity contribution is -0.0170. The predicted octanol–water partition coefficient (Wildman–Crippen LogP) is 1.73. The van der Waals surface area contributed by atoms with E-state index in [-0.39, 0.29) is 17.0 Å². The minimum atomic E-state index is -3.55. The van der Waals surface area contributed by atoms with Gasteiger partial charge in [0.15, 0.2) is 0 Å². The van der Waals surface area contributed by atoms with Crippen molar-refractivity contribution in [2.45, 2.75) is 37.4 Å². The lowest BCUT2D eigenvalue weighted by Gasteiger charge is -2.35. The number of aromatic nitrogens is 2. The average Bonchev–Trinajstić information content (AvgIpc) is 3.00. The summed E-state index contributed by atoms with van der Waals surface area (Å²) in [6, 6.07) is 9.65. The first-order valence-electron chi connectivity index (χ1n) is 7.66. The highest BCUT2D eigenvalue weighted by Crippen LogP contribution is 2.22. The molecule has 0 saturated carbocycles. The zero-order chi connectivity index (χ0) is 16.4. The molecule has 7 heteroatoms. The molecule has 6 nitrogen and oxygen atoms in total. The van der Waals surface area contributed by atoms with E-state index in [4.69, 9.17) is 4.74 Å². The maximum atomic E-state index is 12.8. The van der Waals surface area contributed by atoms with E-state index >= 15 is 0 Å². The first-order valence-corrected chi connectivity index (χ1v) is 9.10. The van der Waals surface area contributed by atoms with Gasteiger partial charge in [-0.1, -0.05) is 30.3 Å². The summed E-state index contributed by atoms with van der Waals surface area (Å²) in [5.41, 5.74) is 1.08. The Labute approximate surface area is 136 Å². The molecule has 124 valence electrons. The van der Waals surface area contributed by atoms with E-state index < -0.39 is 10.0 Å². The number of hydrogen-bond donors (Lipinski definition) is 0. The fourth-order valence-corrected chi connectivity index (χ4v) is 4.32. The van der Waals surface area contributed by atoms with Crippen LogP contribution in [0, 0.1) is 0 Å². The summed E-state index contributed by atoms with van der Waals surface area (Å²) in [5, 5.41) is 4.20. The van der Waals surface area contributed by atoms with E-state index in [0.717, 1.165) is 5.56 Å². The van der Waals surface area contributed by atoms with E-state index in [0.29, 0.717) is 19.7 Å². The molecule has 0 unspecified atom stereocenters. The standard InChI is InChI=1S/C16H21N3O3S/c1-13-12-22-14(2)9-19(13)23(20,21)16-8-17-18(11-16)10-15-6-4-3-5-7-15/h3-8,11,13-14H,9-10,12H2,1-2H3/t13-,14-/m0/s1. The van der Waals surface area contributed by atoms with Crippen LogP contribution in [-0.4, -0.2) is 47.8 Å². The second-order valence-electron chi connectivity index (χ2n) is 5.93. The highest BCUT2D eigenvalue weighted by molar-refractivity contribution is 7.89. The molecule has 0 N–H and O–H groups in total. The molecule has 2 atom stereocenters. The zero-order valence-corrected chi connectivity index (χ0v) is 14.1. The number of nitrogens with zero attached hydrogens (tertiary/aromatic N) is 3. The molecule has 0 bridgehead atoms. The van der Waals surface area contributed by atoms with Crippen molar-refractivity contribution in [2.24, 2.45) is 0 Å². The molecule has 0 amide bonds. The van der Waals surface area contributed by atoms with Crippen LogP contribution in [0.5, 0.6) is 0 Å². The van der Waals surface area contributed by atoms with Crippen LogP contribution in [0.25, 0.3) is 0 Å². The van der Waals surface area contributed by atoms with E-state index in [9.17, 15) is 8.42 Å². The molecule has 3 rings (SSSR count). The van der Waals surface area contributed by atoms with Crippen molar-refractivity contribution in [1.29, 1.82) is 0 Å². The molecule has 2 heterocycles. The highest BCUT2D eigenvalue weighted by Gasteiger charge is 2.34. The molecular weight excluding hydrogens is 314 g/mol. The smallest absolute Gasteiger partial charge is 0.246 e. The van der Waals surface area contributed by atoms with Crippen molar-refractivity contribution in [2.75, 3.05) is 13.2 Å². The van der Waals surface area contributed by atoms with Gasteiger partial charge in [-0.15, -0.1) is 0 Å². The number of rotatable bonds is 4. The quantitative estimate of drug-likeness (QED) is 0.853. The van der Waals surface area contributed by atoms with Crippen molar-refractivity contribution in [3.8, 4) is 0 Å². The van der Waals surface area contributed by atoms with Crippen LogP contribution in [0.2, 0.25) is 0 Å². The Morgan fingerprint density at radius 2 is 2.00 bits per heavy atom. The Morgan fingerprint density at radius 1 is 1.26 bits per heavy atom. The molecule has 1 saturated heterocycles. The summed E-state index contributed by atoms with van der Waals surface area (Å²) in [6.45, 7) is 5.07. The van der Waals surface area contributed by atoms with Gasteiger partial charge in [0.25, 0.3) is 0 Å².